The van der Waals surface area contributed by atoms with Crippen molar-refractivity contribution >= 4 is 0 Å². The van der Waals surface area contributed by atoms with Crippen LogP contribution in [0, 0.1) is 11.6 Å². The SMILES string of the molecule is C=C(C)CN[C@H](C)c1ccc(F)cc1F. The van der Waals surface area contributed by atoms with Gasteiger partial charge in [0.1, 0.15) is 11.6 Å². The molecular weight excluding hydrogens is 196 g/mol. The standard InChI is InChI=1S/C12H15F2N/c1-8(2)7-15-9(3)11-5-4-10(13)6-12(11)14/h4-6,9,15H,1,7H2,2-3H3/t9-/m1/s1. The molecule has 0 aliphatic rings. The van der Waals surface area contributed by atoms with Crippen molar-refractivity contribution in [3.05, 3.63) is 47.5 Å². The third kappa shape index (κ3) is 3.44. The Labute approximate surface area is 88.8 Å². The predicted octanol–water partition coefficient (Wildman–Crippen LogP) is 3.19. The van der Waals surface area contributed by atoms with Crippen LogP contribution in [0.1, 0.15) is 25.5 Å². The van der Waals surface area contributed by atoms with Crippen molar-refractivity contribution in [2.75, 3.05) is 6.54 Å². The molecule has 0 fully saturated rings. The van der Waals surface area contributed by atoms with Crippen LogP contribution in [-0.2, 0) is 0 Å². The first-order chi connectivity index (χ1) is 7.00. The Hall–Kier alpha value is -1.22. The van der Waals surface area contributed by atoms with Gasteiger partial charge in [-0.25, -0.2) is 8.78 Å². The van der Waals surface area contributed by atoms with Gasteiger partial charge in [-0.3, -0.25) is 0 Å². The summed E-state index contributed by atoms with van der Waals surface area (Å²) in [6.07, 6.45) is 0. The summed E-state index contributed by atoms with van der Waals surface area (Å²) >= 11 is 0. The molecule has 0 amide bonds. The summed E-state index contributed by atoms with van der Waals surface area (Å²) < 4.78 is 26.0. The average Bonchev–Trinajstić information content (AvgIpc) is 2.14. The summed E-state index contributed by atoms with van der Waals surface area (Å²) in [6, 6.07) is 3.47. The number of halogens is 2. The molecule has 15 heavy (non-hydrogen) atoms. The highest BCUT2D eigenvalue weighted by atomic mass is 19.1. The number of rotatable bonds is 4. The van der Waals surface area contributed by atoms with Crippen LogP contribution >= 0.6 is 0 Å². The van der Waals surface area contributed by atoms with Crippen molar-refractivity contribution in [3.8, 4) is 0 Å². The van der Waals surface area contributed by atoms with Crippen LogP contribution in [0.3, 0.4) is 0 Å². The smallest absolute Gasteiger partial charge is 0.130 e. The molecule has 1 rings (SSSR count). The molecule has 82 valence electrons. The number of hydrogen-bond donors (Lipinski definition) is 1. The maximum atomic E-state index is 13.3. The molecule has 3 heteroatoms. The Morgan fingerprint density at radius 3 is 2.67 bits per heavy atom. The lowest BCUT2D eigenvalue weighted by molar-refractivity contribution is 0.530. The van der Waals surface area contributed by atoms with Gasteiger partial charge in [-0.15, -0.1) is 0 Å². The van der Waals surface area contributed by atoms with Gasteiger partial charge in [0.15, 0.2) is 0 Å². The maximum Gasteiger partial charge on any atom is 0.130 e. The van der Waals surface area contributed by atoms with Gasteiger partial charge in [-0.1, -0.05) is 18.2 Å². The van der Waals surface area contributed by atoms with E-state index in [1.165, 1.54) is 12.1 Å². The monoisotopic (exact) mass is 211 g/mol. The second-order valence-corrected chi connectivity index (χ2v) is 3.73. The Morgan fingerprint density at radius 2 is 2.13 bits per heavy atom. The average molecular weight is 211 g/mol. The first-order valence-corrected chi connectivity index (χ1v) is 4.83. The molecule has 0 aliphatic heterocycles. The summed E-state index contributed by atoms with van der Waals surface area (Å²) in [5, 5.41) is 3.10. The van der Waals surface area contributed by atoms with E-state index in [4.69, 9.17) is 0 Å². The number of benzene rings is 1. The van der Waals surface area contributed by atoms with E-state index in [1.54, 1.807) is 0 Å². The molecule has 1 aromatic carbocycles. The molecule has 1 atom stereocenters. The highest BCUT2D eigenvalue weighted by Gasteiger charge is 2.10. The first-order valence-electron chi connectivity index (χ1n) is 4.83. The van der Waals surface area contributed by atoms with Crippen molar-refractivity contribution in [2.24, 2.45) is 0 Å². The van der Waals surface area contributed by atoms with Crippen molar-refractivity contribution in [1.29, 1.82) is 0 Å². The molecule has 0 saturated heterocycles. The second kappa shape index (κ2) is 5.03. The summed E-state index contributed by atoms with van der Waals surface area (Å²) in [4.78, 5) is 0. The van der Waals surface area contributed by atoms with E-state index >= 15 is 0 Å². The van der Waals surface area contributed by atoms with Crippen LogP contribution in [-0.4, -0.2) is 6.54 Å². The molecule has 0 aromatic heterocycles. The highest BCUT2D eigenvalue weighted by molar-refractivity contribution is 5.21. The minimum Gasteiger partial charge on any atom is -0.306 e. The zero-order valence-electron chi connectivity index (χ0n) is 8.98. The van der Waals surface area contributed by atoms with E-state index in [0.717, 1.165) is 11.6 Å². The van der Waals surface area contributed by atoms with Crippen LogP contribution in [0.5, 0.6) is 0 Å². The van der Waals surface area contributed by atoms with E-state index in [-0.39, 0.29) is 6.04 Å². The van der Waals surface area contributed by atoms with Crippen molar-refractivity contribution in [1.82, 2.24) is 5.32 Å². The summed E-state index contributed by atoms with van der Waals surface area (Å²) in [5.74, 6) is -1.07. The molecule has 0 bridgehead atoms. The minimum absolute atomic E-state index is 0.151. The van der Waals surface area contributed by atoms with Gasteiger partial charge in [0.2, 0.25) is 0 Å². The fourth-order valence-electron chi connectivity index (χ4n) is 1.29. The highest BCUT2D eigenvalue weighted by Crippen LogP contribution is 2.17. The predicted molar refractivity (Wildman–Crippen MR) is 57.6 cm³/mol. The van der Waals surface area contributed by atoms with Crippen molar-refractivity contribution in [3.63, 3.8) is 0 Å². The van der Waals surface area contributed by atoms with Gasteiger partial charge in [0.25, 0.3) is 0 Å². The molecule has 0 unspecified atom stereocenters. The number of hydrogen-bond acceptors (Lipinski definition) is 1. The number of nitrogens with one attached hydrogen (secondary N) is 1. The van der Waals surface area contributed by atoms with E-state index in [9.17, 15) is 8.78 Å². The zero-order chi connectivity index (χ0) is 11.4. The molecule has 1 nitrogen and oxygen atoms in total. The fraction of sp³-hybridized carbons (Fsp3) is 0.333. The largest absolute Gasteiger partial charge is 0.306 e. The van der Waals surface area contributed by atoms with Crippen LogP contribution < -0.4 is 5.32 Å². The lowest BCUT2D eigenvalue weighted by Crippen LogP contribution is -2.21. The lowest BCUT2D eigenvalue weighted by Gasteiger charge is -2.14. The van der Waals surface area contributed by atoms with Gasteiger partial charge in [0, 0.05) is 24.2 Å². The molecule has 0 heterocycles. The van der Waals surface area contributed by atoms with Gasteiger partial charge < -0.3 is 5.32 Å². The Balaban J connectivity index is 2.73. The fourth-order valence-corrected chi connectivity index (χ4v) is 1.29. The summed E-state index contributed by atoms with van der Waals surface area (Å²) in [6.45, 7) is 8.09. The van der Waals surface area contributed by atoms with Gasteiger partial charge in [0.05, 0.1) is 0 Å². The van der Waals surface area contributed by atoms with Crippen molar-refractivity contribution in [2.45, 2.75) is 19.9 Å². The summed E-state index contributed by atoms with van der Waals surface area (Å²) in [5.41, 5.74) is 1.45. The Bertz CT molecular complexity index is 361. The molecule has 1 aromatic rings. The van der Waals surface area contributed by atoms with Crippen LogP contribution in [0.4, 0.5) is 8.78 Å². The topological polar surface area (TPSA) is 12.0 Å². The first kappa shape index (κ1) is 11.9. The Kier molecular flexibility index (Phi) is 3.97. The van der Waals surface area contributed by atoms with Gasteiger partial charge in [-0.05, 0) is 19.9 Å². The normalized spacial score (nSPS) is 12.5. The molecule has 1 N–H and O–H groups in total. The molecule has 0 radical (unpaired) electrons. The van der Waals surface area contributed by atoms with Crippen molar-refractivity contribution < 1.29 is 8.78 Å². The van der Waals surface area contributed by atoms with Gasteiger partial charge >= 0.3 is 0 Å². The quantitative estimate of drug-likeness (QED) is 0.754. The zero-order valence-corrected chi connectivity index (χ0v) is 8.98. The molecule has 0 saturated carbocycles. The van der Waals surface area contributed by atoms with E-state index in [1.807, 2.05) is 13.8 Å². The molecular formula is C12H15F2N. The molecule has 0 aliphatic carbocycles. The molecule has 0 spiro atoms. The Morgan fingerprint density at radius 1 is 1.47 bits per heavy atom. The van der Waals surface area contributed by atoms with E-state index in [0.29, 0.717) is 12.1 Å². The minimum atomic E-state index is -0.552. The van der Waals surface area contributed by atoms with Crippen LogP contribution in [0.15, 0.2) is 30.4 Å². The van der Waals surface area contributed by atoms with Gasteiger partial charge in [-0.2, -0.15) is 0 Å². The van der Waals surface area contributed by atoms with Crippen LogP contribution in [0.25, 0.3) is 0 Å². The second-order valence-electron chi connectivity index (χ2n) is 3.73. The maximum absolute atomic E-state index is 13.3. The lowest BCUT2D eigenvalue weighted by atomic mass is 10.1. The third-order valence-corrected chi connectivity index (χ3v) is 2.14. The third-order valence-electron chi connectivity index (χ3n) is 2.14. The van der Waals surface area contributed by atoms with Crippen LogP contribution in [0.2, 0.25) is 0 Å². The van der Waals surface area contributed by atoms with E-state index < -0.39 is 11.6 Å². The summed E-state index contributed by atoms with van der Waals surface area (Å²) in [7, 11) is 0. The van der Waals surface area contributed by atoms with E-state index in [2.05, 4.69) is 11.9 Å².